The van der Waals surface area contributed by atoms with Crippen molar-refractivity contribution in [3.8, 4) is 0 Å². The summed E-state index contributed by atoms with van der Waals surface area (Å²) >= 11 is 0. The largest absolute Gasteiger partial charge is 0.478 e. The van der Waals surface area contributed by atoms with Crippen molar-refractivity contribution < 1.29 is 14.4 Å². The summed E-state index contributed by atoms with van der Waals surface area (Å²) in [5.41, 5.74) is 3.34. The quantitative estimate of drug-likeness (QED) is 0.914. The fourth-order valence-electron chi connectivity index (χ4n) is 2.42. The SMILES string of the molecule is Cc1cc(CN2CCc3ccc(C(=O)O)cc32)on1. The Morgan fingerprint density at radius 3 is 3.00 bits per heavy atom. The number of nitrogens with zero attached hydrogens (tertiary/aromatic N) is 2. The Hall–Kier alpha value is -2.30. The van der Waals surface area contributed by atoms with Gasteiger partial charge in [0.15, 0.2) is 5.76 Å². The number of aromatic carboxylic acids is 1. The highest BCUT2D eigenvalue weighted by Gasteiger charge is 2.21. The van der Waals surface area contributed by atoms with E-state index in [0.717, 1.165) is 30.1 Å². The summed E-state index contributed by atoms with van der Waals surface area (Å²) in [4.78, 5) is 13.1. The second-order valence-corrected chi connectivity index (χ2v) is 4.75. The molecule has 2 heterocycles. The normalized spacial score (nSPS) is 13.6. The lowest BCUT2D eigenvalue weighted by Crippen LogP contribution is -2.19. The third-order valence-corrected chi connectivity index (χ3v) is 3.35. The number of benzene rings is 1. The van der Waals surface area contributed by atoms with Crippen molar-refractivity contribution in [3.63, 3.8) is 0 Å². The molecule has 2 aromatic rings. The first-order valence-corrected chi connectivity index (χ1v) is 6.17. The number of carboxylic acids is 1. The Morgan fingerprint density at radius 1 is 1.47 bits per heavy atom. The zero-order chi connectivity index (χ0) is 13.4. The van der Waals surface area contributed by atoms with E-state index in [-0.39, 0.29) is 0 Å². The van der Waals surface area contributed by atoms with Crippen molar-refractivity contribution in [2.24, 2.45) is 0 Å². The van der Waals surface area contributed by atoms with Crippen molar-refractivity contribution in [3.05, 3.63) is 46.8 Å². The van der Waals surface area contributed by atoms with Gasteiger partial charge in [0.05, 0.1) is 17.8 Å². The van der Waals surface area contributed by atoms with E-state index in [4.69, 9.17) is 9.63 Å². The van der Waals surface area contributed by atoms with Gasteiger partial charge < -0.3 is 14.5 Å². The highest BCUT2D eigenvalue weighted by Crippen LogP contribution is 2.30. The summed E-state index contributed by atoms with van der Waals surface area (Å²) in [6.45, 7) is 3.38. The Bertz CT molecular complexity index is 633. The Morgan fingerprint density at radius 2 is 2.32 bits per heavy atom. The maximum atomic E-state index is 11.0. The molecule has 1 aliphatic heterocycles. The standard InChI is InChI=1S/C14H14N2O3/c1-9-6-12(19-15-9)8-16-5-4-10-2-3-11(14(17)18)7-13(10)16/h2-3,6-7H,4-5,8H2,1H3,(H,17,18). The van der Waals surface area contributed by atoms with Crippen LogP contribution in [0.5, 0.6) is 0 Å². The van der Waals surface area contributed by atoms with E-state index >= 15 is 0 Å². The number of anilines is 1. The zero-order valence-electron chi connectivity index (χ0n) is 10.6. The molecule has 5 heteroatoms. The highest BCUT2D eigenvalue weighted by molar-refractivity contribution is 5.89. The van der Waals surface area contributed by atoms with Gasteiger partial charge in [0.1, 0.15) is 0 Å². The smallest absolute Gasteiger partial charge is 0.335 e. The van der Waals surface area contributed by atoms with Gasteiger partial charge in [-0.1, -0.05) is 11.2 Å². The maximum Gasteiger partial charge on any atom is 0.335 e. The van der Waals surface area contributed by atoms with Crippen molar-refractivity contribution in [1.82, 2.24) is 5.16 Å². The van der Waals surface area contributed by atoms with Crippen LogP contribution >= 0.6 is 0 Å². The van der Waals surface area contributed by atoms with Gasteiger partial charge in [-0.2, -0.15) is 0 Å². The number of carbonyl (C=O) groups is 1. The Balaban J connectivity index is 1.88. The summed E-state index contributed by atoms with van der Waals surface area (Å²) in [6, 6.07) is 7.18. The van der Waals surface area contributed by atoms with Crippen LogP contribution in [0, 0.1) is 6.92 Å². The molecule has 0 fully saturated rings. The van der Waals surface area contributed by atoms with Gasteiger partial charge in [-0.15, -0.1) is 0 Å². The number of aryl methyl sites for hydroxylation is 1. The van der Waals surface area contributed by atoms with Gasteiger partial charge in [-0.3, -0.25) is 0 Å². The fraction of sp³-hybridized carbons (Fsp3) is 0.286. The molecule has 1 aromatic heterocycles. The van der Waals surface area contributed by atoms with E-state index in [1.807, 2.05) is 19.1 Å². The average molecular weight is 258 g/mol. The highest BCUT2D eigenvalue weighted by atomic mass is 16.5. The first kappa shape index (κ1) is 11.8. The second-order valence-electron chi connectivity index (χ2n) is 4.75. The average Bonchev–Trinajstić information content (AvgIpc) is 2.96. The van der Waals surface area contributed by atoms with Crippen LogP contribution in [-0.2, 0) is 13.0 Å². The molecule has 0 atom stereocenters. The molecule has 0 aliphatic carbocycles. The second kappa shape index (κ2) is 4.42. The van der Waals surface area contributed by atoms with Gasteiger partial charge in [0.25, 0.3) is 0 Å². The number of rotatable bonds is 3. The van der Waals surface area contributed by atoms with Crippen LogP contribution in [0.25, 0.3) is 0 Å². The van der Waals surface area contributed by atoms with Gasteiger partial charge >= 0.3 is 5.97 Å². The van der Waals surface area contributed by atoms with Crippen LogP contribution < -0.4 is 4.90 Å². The summed E-state index contributed by atoms with van der Waals surface area (Å²) in [5.74, 6) is -0.101. The van der Waals surface area contributed by atoms with Crippen molar-refractivity contribution in [2.45, 2.75) is 19.9 Å². The molecule has 5 nitrogen and oxygen atoms in total. The van der Waals surface area contributed by atoms with Gasteiger partial charge in [0.2, 0.25) is 0 Å². The molecule has 3 rings (SSSR count). The summed E-state index contributed by atoms with van der Waals surface area (Å²) < 4.78 is 5.21. The lowest BCUT2D eigenvalue weighted by Gasteiger charge is -2.17. The third kappa shape index (κ3) is 2.19. The number of hydrogen-bond donors (Lipinski definition) is 1. The molecule has 0 saturated carbocycles. The molecular weight excluding hydrogens is 244 g/mol. The van der Waals surface area contributed by atoms with E-state index in [1.54, 1.807) is 12.1 Å². The Kier molecular flexibility index (Phi) is 2.74. The lowest BCUT2D eigenvalue weighted by atomic mass is 10.1. The van der Waals surface area contributed by atoms with Crippen LogP contribution in [0.1, 0.15) is 27.4 Å². The minimum absolute atomic E-state index is 0.319. The molecular formula is C14H14N2O3. The molecule has 1 aliphatic rings. The van der Waals surface area contributed by atoms with Crippen molar-refractivity contribution in [1.29, 1.82) is 0 Å². The third-order valence-electron chi connectivity index (χ3n) is 3.35. The molecule has 0 bridgehead atoms. The molecule has 0 radical (unpaired) electrons. The van der Waals surface area contributed by atoms with Crippen LogP contribution in [0.15, 0.2) is 28.8 Å². The fourth-order valence-corrected chi connectivity index (χ4v) is 2.42. The molecule has 19 heavy (non-hydrogen) atoms. The minimum Gasteiger partial charge on any atom is -0.478 e. The molecule has 0 unspecified atom stereocenters. The number of aromatic nitrogens is 1. The van der Waals surface area contributed by atoms with Crippen LogP contribution in [-0.4, -0.2) is 22.8 Å². The predicted molar refractivity (Wildman–Crippen MR) is 69.4 cm³/mol. The molecule has 0 amide bonds. The van der Waals surface area contributed by atoms with Gasteiger partial charge in [-0.25, -0.2) is 4.79 Å². The molecule has 0 spiro atoms. The topological polar surface area (TPSA) is 66.6 Å². The molecule has 1 aromatic carbocycles. The molecule has 98 valence electrons. The van der Waals surface area contributed by atoms with Crippen LogP contribution in [0.3, 0.4) is 0 Å². The lowest BCUT2D eigenvalue weighted by molar-refractivity contribution is 0.0697. The number of fused-ring (bicyclic) bond motifs is 1. The first-order chi connectivity index (χ1) is 9.13. The Labute approximate surface area is 110 Å². The predicted octanol–water partition coefficient (Wildman–Crippen LogP) is 2.24. The van der Waals surface area contributed by atoms with Gasteiger partial charge in [0, 0.05) is 18.3 Å². The van der Waals surface area contributed by atoms with E-state index in [2.05, 4.69) is 10.1 Å². The van der Waals surface area contributed by atoms with Crippen LogP contribution in [0.2, 0.25) is 0 Å². The summed E-state index contributed by atoms with van der Waals surface area (Å²) in [5, 5.41) is 12.9. The van der Waals surface area contributed by atoms with E-state index in [0.29, 0.717) is 12.1 Å². The monoisotopic (exact) mass is 258 g/mol. The van der Waals surface area contributed by atoms with E-state index in [1.165, 1.54) is 5.56 Å². The summed E-state index contributed by atoms with van der Waals surface area (Å²) in [7, 11) is 0. The summed E-state index contributed by atoms with van der Waals surface area (Å²) in [6.07, 6.45) is 0.933. The molecule has 1 N–H and O–H groups in total. The zero-order valence-corrected chi connectivity index (χ0v) is 10.6. The number of carboxylic acid groups (broad SMARTS) is 1. The van der Waals surface area contributed by atoms with Gasteiger partial charge in [-0.05, 0) is 31.0 Å². The van der Waals surface area contributed by atoms with Crippen molar-refractivity contribution >= 4 is 11.7 Å². The maximum absolute atomic E-state index is 11.0. The molecule has 0 saturated heterocycles. The van der Waals surface area contributed by atoms with Crippen LogP contribution in [0.4, 0.5) is 5.69 Å². The number of hydrogen-bond acceptors (Lipinski definition) is 4. The minimum atomic E-state index is -0.898. The van der Waals surface area contributed by atoms with E-state index in [9.17, 15) is 4.79 Å². The van der Waals surface area contributed by atoms with Crippen molar-refractivity contribution in [2.75, 3.05) is 11.4 Å². The van der Waals surface area contributed by atoms with E-state index < -0.39 is 5.97 Å². The first-order valence-electron chi connectivity index (χ1n) is 6.17.